The lowest BCUT2D eigenvalue weighted by atomic mass is 10.1. The number of anilines is 2. The Labute approximate surface area is 167 Å². The monoisotopic (exact) mass is 425 g/mol. The number of nitrogens with zero attached hydrogens (tertiary/aromatic N) is 2. The first kappa shape index (κ1) is 21.8. The van der Waals surface area contributed by atoms with Gasteiger partial charge in [0.2, 0.25) is 16.9 Å². The van der Waals surface area contributed by atoms with E-state index < -0.39 is 10.0 Å². The van der Waals surface area contributed by atoms with E-state index >= 15 is 0 Å². The van der Waals surface area contributed by atoms with Gasteiger partial charge in [-0.15, -0.1) is 10.2 Å². The second-order valence-electron chi connectivity index (χ2n) is 6.18. The molecule has 0 aliphatic rings. The van der Waals surface area contributed by atoms with Crippen LogP contribution in [0.5, 0.6) is 0 Å². The zero-order valence-electron chi connectivity index (χ0n) is 15.5. The number of aryl methyl sites for hydroxylation is 1. The zero-order chi connectivity index (χ0) is 20.6. The van der Waals surface area contributed by atoms with E-state index in [0.717, 1.165) is 30.6 Å². The molecule has 1 heterocycles. The van der Waals surface area contributed by atoms with Crippen LogP contribution in [0.2, 0.25) is 0 Å². The maximum atomic E-state index is 12.3. The van der Waals surface area contributed by atoms with Crippen molar-refractivity contribution in [1.82, 2.24) is 10.2 Å². The third-order valence-corrected chi connectivity index (χ3v) is 6.01. The highest BCUT2D eigenvalue weighted by Crippen LogP contribution is 2.20. The lowest BCUT2D eigenvalue weighted by molar-refractivity contribution is -0.118. The van der Waals surface area contributed by atoms with Crippen molar-refractivity contribution < 1.29 is 18.0 Å². The minimum absolute atomic E-state index is 0.0628. The molecule has 0 atom stereocenters. The quantitative estimate of drug-likeness (QED) is 0.472. The van der Waals surface area contributed by atoms with Crippen molar-refractivity contribution in [2.45, 2.75) is 50.3 Å². The molecule has 2 amide bonds. The zero-order valence-corrected chi connectivity index (χ0v) is 17.1. The Kier molecular flexibility index (Phi) is 7.88. The lowest BCUT2D eigenvalue weighted by Crippen LogP contribution is -2.14. The van der Waals surface area contributed by atoms with Gasteiger partial charge in [-0.2, -0.15) is 0 Å². The number of carbonyl (C=O) groups excluding carboxylic acids is 2. The number of rotatable bonds is 11. The standard InChI is InChI=1S/C17H23N5O4S2/c1-12-20-21-17(27-12)22-28(25,26)14-10-8-13(9-11-14)19-16(24)7-5-3-2-4-6-15(18)23/h8-11H,2-7H2,1H3,(H2,18,23)(H,19,24)(H,21,22). The maximum absolute atomic E-state index is 12.3. The summed E-state index contributed by atoms with van der Waals surface area (Å²) >= 11 is 1.14. The minimum Gasteiger partial charge on any atom is -0.370 e. The van der Waals surface area contributed by atoms with Crippen molar-refractivity contribution >= 4 is 44.0 Å². The number of sulfonamides is 1. The van der Waals surface area contributed by atoms with Gasteiger partial charge in [0.05, 0.1) is 4.90 Å². The van der Waals surface area contributed by atoms with Gasteiger partial charge in [-0.3, -0.25) is 14.3 Å². The molecule has 0 saturated heterocycles. The fraction of sp³-hybridized carbons (Fsp3) is 0.412. The van der Waals surface area contributed by atoms with Gasteiger partial charge < -0.3 is 11.1 Å². The minimum atomic E-state index is -3.76. The number of aromatic nitrogens is 2. The molecule has 2 rings (SSSR count). The summed E-state index contributed by atoms with van der Waals surface area (Å²) in [6.45, 7) is 1.73. The number of unbranched alkanes of at least 4 members (excludes halogenated alkanes) is 3. The molecule has 0 bridgehead atoms. The van der Waals surface area contributed by atoms with Crippen molar-refractivity contribution in [2.75, 3.05) is 10.0 Å². The van der Waals surface area contributed by atoms with Crippen LogP contribution >= 0.6 is 11.3 Å². The van der Waals surface area contributed by atoms with Gasteiger partial charge in [-0.1, -0.05) is 24.2 Å². The summed E-state index contributed by atoms with van der Waals surface area (Å²) in [5.74, 6) is -0.454. The van der Waals surface area contributed by atoms with Crippen molar-refractivity contribution in [3.05, 3.63) is 29.3 Å². The van der Waals surface area contributed by atoms with E-state index in [4.69, 9.17) is 5.73 Å². The van der Waals surface area contributed by atoms with Gasteiger partial charge in [-0.25, -0.2) is 8.42 Å². The fourth-order valence-corrected chi connectivity index (χ4v) is 4.21. The smallest absolute Gasteiger partial charge is 0.263 e. The average Bonchev–Trinajstić information content (AvgIpc) is 3.02. The second kappa shape index (κ2) is 10.1. The van der Waals surface area contributed by atoms with Crippen LogP contribution in [-0.4, -0.2) is 30.4 Å². The van der Waals surface area contributed by atoms with Gasteiger partial charge in [0.15, 0.2) is 0 Å². The number of hydrogen-bond donors (Lipinski definition) is 3. The fourth-order valence-electron chi connectivity index (χ4n) is 2.39. The molecular weight excluding hydrogens is 402 g/mol. The van der Waals surface area contributed by atoms with Gasteiger partial charge in [0.1, 0.15) is 5.01 Å². The van der Waals surface area contributed by atoms with E-state index in [1.54, 1.807) is 6.92 Å². The molecule has 1 aromatic heterocycles. The predicted octanol–water partition coefficient (Wildman–Crippen LogP) is 2.41. The lowest BCUT2D eigenvalue weighted by Gasteiger charge is -2.08. The summed E-state index contributed by atoms with van der Waals surface area (Å²) in [4.78, 5) is 22.6. The number of primary amides is 1. The highest BCUT2D eigenvalue weighted by atomic mass is 32.2. The highest BCUT2D eigenvalue weighted by Gasteiger charge is 2.16. The summed E-state index contributed by atoms with van der Waals surface area (Å²) in [6, 6.07) is 5.89. The molecule has 1 aromatic carbocycles. The second-order valence-corrected chi connectivity index (χ2v) is 9.05. The van der Waals surface area contributed by atoms with Crippen LogP contribution in [0.4, 0.5) is 10.8 Å². The molecule has 0 saturated carbocycles. The molecular formula is C17H23N5O4S2. The highest BCUT2D eigenvalue weighted by molar-refractivity contribution is 7.93. The third-order valence-electron chi connectivity index (χ3n) is 3.77. The average molecular weight is 426 g/mol. The SMILES string of the molecule is Cc1nnc(NS(=O)(=O)c2ccc(NC(=O)CCCCCCC(N)=O)cc2)s1. The summed E-state index contributed by atoms with van der Waals surface area (Å²) in [7, 11) is -3.76. The Bertz CT molecular complexity index is 910. The van der Waals surface area contributed by atoms with Crippen LogP contribution < -0.4 is 15.8 Å². The summed E-state index contributed by atoms with van der Waals surface area (Å²) in [5, 5.41) is 11.1. The molecule has 2 aromatic rings. The molecule has 4 N–H and O–H groups in total. The summed E-state index contributed by atoms with van der Waals surface area (Å²) < 4.78 is 27.0. The molecule has 0 aliphatic heterocycles. The number of benzene rings is 1. The molecule has 0 unspecified atom stereocenters. The van der Waals surface area contributed by atoms with Gasteiger partial charge in [-0.05, 0) is 44.0 Å². The third kappa shape index (κ3) is 7.24. The number of nitrogens with two attached hydrogens (primary N) is 1. The largest absolute Gasteiger partial charge is 0.370 e. The van der Waals surface area contributed by atoms with E-state index in [9.17, 15) is 18.0 Å². The van der Waals surface area contributed by atoms with Gasteiger partial charge in [0.25, 0.3) is 10.0 Å². The summed E-state index contributed by atoms with van der Waals surface area (Å²) in [6.07, 6.45) is 3.86. The van der Waals surface area contributed by atoms with Crippen LogP contribution in [0, 0.1) is 6.92 Å². The van der Waals surface area contributed by atoms with Crippen molar-refractivity contribution in [2.24, 2.45) is 5.73 Å². The van der Waals surface area contributed by atoms with Gasteiger partial charge >= 0.3 is 0 Å². The van der Waals surface area contributed by atoms with Crippen LogP contribution in [0.1, 0.15) is 43.5 Å². The molecule has 0 radical (unpaired) electrons. The van der Waals surface area contributed by atoms with Crippen LogP contribution in [-0.2, 0) is 19.6 Å². The molecule has 28 heavy (non-hydrogen) atoms. The van der Waals surface area contributed by atoms with E-state index in [-0.39, 0.29) is 21.8 Å². The topological polar surface area (TPSA) is 144 Å². The molecule has 9 nitrogen and oxygen atoms in total. The Morgan fingerprint density at radius 1 is 1.04 bits per heavy atom. The number of amides is 2. The Morgan fingerprint density at radius 2 is 1.68 bits per heavy atom. The Balaban J connectivity index is 1.80. The van der Waals surface area contributed by atoms with Gasteiger partial charge in [0, 0.05) is 18.5 Å². The first-order chi connectivity index (χ1) is 13.3. The van der Waals surface area contributed by atoms with Crippen molar-refractivity contribution in [1.29, 1.82) is 0 Å². The number of hydrogen-bond acceptors (Lipinski definition) is 7. The van der Waals surface area contributed by atoms with Crippen LogP contribution in [0.25, 0.3) is 0 Å². The Morgan fingerprint density at radius 3 is 2.25 bits per heavy atom. The van der Waals surface area contributed by atoms with E-state index in [0.29, 0.717) is 30.0 Å². The van der Waals surface area contributed by atoms with Crippen LogP contribution in [0.15, 0.2) is 29.2 Å². The molecule has 152 valence electrons. The summed E-state index contributed by atoms with van der Waals surface area (Å²) in [5.41, 5.74) is 5.59. The number of nitrogens with one attached hydrogen (secondary N) is 2. The predicted molar refractivity (Wildman–Crippen MR) is 107 cm³/mol. The van der Waals surface area contributed by atoms with E-state index in [1.807, 2.05) is 0 Å². The molecule has 0 aliphatic carbocycles. The molecule has 0 fully saturated rings. The first-order valence-electron chi connectivity index (χ1n) is 8.77. The first-order valence-corrected chi connectivity index (χ1v) is 11.1. The van der Waals surface area contributed by atoms with E-state index in [1.165, 1.54) is 24.3 Å². The van der Waals surface area contributed by atoms with Crippen LogP contribution in [0.3, 0.4) is 0 Å². The Hall–Kier alpha value is -2.53. The normalized spacial score (nSPS) is 11.2. The molecule has 11 heteroatoms. The van der Waals surface area contributed by atoms with Crippen molar-refractivity contribution in [3.8, 4) is 0 Å². The maximum Gasteiger partial charge on any atom is 0.263 e. The molecule has 0 spiro atoms. The van der Waals surface area contributed by atoms with Crippen molar-refractivity contribution in [3.63, 3.8) is 0 Å². The van der Waals surface area contributed by atoms with E-state index in [2.05, 4.69) is 20.2 Å². The number of carbonyl (C=O) groups is 2.